The number of nitrogens with zero attached hydrogens (tertiary/aromatic N) is 1. The molecule has 0 aliphatic rings. The maximum atomic E-state index is 10.6. The highest BCUT2D eigenvalue weighted by atomic mass is 79.9. The average Bonchev–Trinajstić information content (AvgIpc) is 2.15. The molecule has 0 aliphatic carbocycles. The zero-order valence-corrected chi connectivity index (χ0v) is 7.10. The summed E-state index contributed by atoms with van der Waals surface area (Å²) >= 11 is 3.22. The molecule has 0 unspecified atom stereocenters. The second kappa shape index (κ2) is 2.96. The van der Waals surface area contributed by atoms with Crippen molar-refractivity contribution in [3.63, 3.8) is 0 Å². The van der Waals surface area contributed by atoms with Crippen molar-refractivity contribution in [2.45, 2.75) is 13.3 Å². The van der Waals surface area contributed by atoms with E-state index in [1.807, 2.05) is 0 Å². The number of carbonyl (C=O) groups is 1. The van der Waals surface area contributed by atoms with Crippen molar-refractivity contribution in [3.05, 3.63) is 16.4 Å². The molecule has 1 aromatic heterocycles. The fourth-order valence-electron chi connectivity index (χ4n) is 0.687. The van der Waals surface area contributed by atoms with Gasteiger partial charge < -0.3 is 0 Å². The number of hydrogen-bond donors (Lipinski definition) is 1. The summed E-state index contributed by atoms with van der Waals surface area (Å²) < 4.78 is 0.794. The highest BCUT2D eigenvalue weighted by molar-refractivity contribution is 9.10. The van der Waals surface area contributed by atoms with Crippen LogP contribution in [-0.2, 0) is 11.2 Å². The molecule has 1 rings (SSSR count). The van der Waals surface area contributed by atoms with E-state index < -0.39 is 0 Å². The zero-order chi connectivity index (χ0) is 7.56. The molecule has 3 nitrogen and oxygen atoms in total. The summed E-state index contributed by atoms with van der Waals surface area (Å²) in [5, 5.41) is 6.44. The van der Waals surface area contributed by atoms with Crippen molar-refractivity contribution >= 4 is 21.7 Å². The maximum absolute atomic E-state index is 10.6. The minimum atomic E-state index is 0.141. The van der Waals surface area contributed by atoms with Gasteiger partial charge in [0.05, 0.1) is 6.20 Å². The summed E-state index contributed by atoms with van der Waals surface area (Å²) in [6.45, 7) is 1.56. The SMILES string of the molecule is CC(=O)Cc1cn[nH]c1Br. The lowest BCUT2D eigenvalue weighted by Crippen LogP contribution is -1.94. The van der Waals surface area contributed by atoms with Gasteiger partial charge in [-0.25, -0.2) is 0 Å². The molecule has 0 saturated carbocycles. The Bertz CT molecular complexity index is 244. The third-order valence-corrected chi connectivity index (χ3v) is 1.79. The molecule has 0 radical (unpaired) electrons. The lowest BCUT2D eigenvalue weighted by atomic mass is 10.2. The van der Waals surface area contributed by atoms with Crippen LogP contribution in [0.25, 0.3) is 0 Å². The zero-order valence-electron chi connectivity index (χ0n) is 5.52. The molecule has 4 heteroatoms. The van der Waals surface area contributed by atoms with E-state index >= 15 is 0 Å². The summed E-state index contributed by atoms with van der Waals surface area (Å²) in [5.74, 6) is 0.141. The molecule has 1 heterocycles. The predicted octanol–water partition coefficient (Wildman–Crippen LogP) is 1.30. The predicted molar refractivity (Wildman–Crippen MR) is 40.7 cm³/mol. The summed E-state index contributed by atoms with van der Waals surface area (Å²) in [7, 11) is 0. The van der Waals surface area contributed by atoms with E-state index in [-0.39, 0.29) is 5.78 Å². The van der Waals surface area contributed by atoms with Gasteiger partial charge in [0, 0.05) is 12.0 Å². The molecule has 0 aromatic carbocycles. The number of aromatic amines is 1. The first-order valence-corrected chi connectivity index (χ1v) is 3.66. The Morgan fingerprint density at radius 1 is 1.90 bits per heavy atom. The fourth-order valence-corrected chi connectivity index (χ4v) is 1.03. The van der Waals surface area contributed by atoms with Gasteiger partial charge in [0.1, 0.15) is 10.4 Å². The van der Waals surface area contributed by atoms with Crippen molar-refractivity contribution < 1.29 is 4.79 Å². The minimum absolute atomic E-state index is 0.141. The Labute approximate surface area is 67.0 Å². The van der Waals surface area contributed by atoms with E-state index in [9.17, 15) is 4.79 Å². The highest BCUT2D eigenvalue weighted by Crippen LogP contribution is 2.12. The summed E-state index contributed by atoms with van der Waals surface area (Å²) in [6, 6.07) is 0. The third kappa shape index (κ3) is 1.67. The van der Waals surface area contributed by atoms with Gasteiger partial charge in [-0.05, 0) is 22.9 Å². The molecule has 0 aliphatic heterocycles. The smallest absolute Gasteiger partial charge is 0.134 e. The number of H-pyrrole nitrogens is 1. The van der Waals surface area contributed by atoms with Gasteiger partial charge in [-0.15, -0.1) is 0 Å². The molecule has 10 heavy (non-hydrogen) atoms. The first kappa shape index (κ1) is 7.47. The highest BCUT2D eigenvalue weighted by Gasteiger charge is 2.02. The van der Waals surface area contributed by atoms with Crippen molar-refractivity contribution in [2.24, 2.45) is 0 Å². The number of ketones is 1. The van der Waals surface area contributed by atoms with Gasteiger partial charge in [-0.2, -0.15) is 5.10 Å². The van der Waals surface area contributed by atoms with Crippen LogP contribution in [0.5, 0.6) is 0 Å². The van der Waals surface area contributed by atoms with Crippen LogP contribution in [0.1, 0.15) is 12.5 Å². The maximum Gasteiger partial charge on any atom is 0.134 e. The van der Waals surface area contributed by atoms with Gasteiger partial charge >= 0.3 is 0 Å². The van der Waals surface area contributed by atoms with Crippen molar-refractivity contribution in [1.29, 1.82) is 0 Å². The number of rotatable bonds is 2. The molecular formula is C6H7BrN2O. The Morgan fingerprint density at radius 3 is 3.00 bits per heavy atom. The quantitative estimate of drug-likeness (QED) is 0.787. The Kier molecular flexibility index (Phi) is 2.21. The number of hydrogen-bond acceptors (Lipinski definition) is 2. The van der Waals surface area contributed by atoms with Crippen LogP contribution in [-0.4, -0.2) is 16.0 Å². The molecule has 0 bridgehead atoms. The topological polar surface area (TPSA) is 45.8 Å². The number of halogens is 1. The molecule has 0 amide bonds. The van der Waals surface area contributed by atoms with Crippen LogP contribution in [0.4, 0.5) is 0 Å². The first-order valence-electron chi connectivity index (χ1n) is 2.87. The lowest BCUT2D eigenvalue weighted by molar-refractivity contribution is -0.116. The lowest BCUT2D eigenvalue weighted by Gasteiger charge is -1.89. The van der Waals surface area contributed by atoms with Gasteiger partial charge in [0.2, 0.25) is 0 Å². The van der Waals surface area contributed by atoms with E-state index in [0.29, 0.717) is 6.42 Å². The summed E-state index contributed by atoms with van der Waals surface area (Å²) in [4.78, 5) is 10.6. The van der Waals surface area contributed by atoms with E-state index in [0.717, 1.165) is 10.2 Å². The van der Waals surface area contributed by atoms with Gasteiger partial charge in [0.15, 0.2) is 0 Å². The Hall–Kier alpha value is -0.640. The van der Waals surface area contributed by atoms with Crippen LogP contribution in [0.3, 0.4) is 0 Å². The van der Waals surface area contributed by atoms with E-state index in [2.05, 4.69) is 26.1 Å². The summed E-state index contributed by atoms with van der Waals surface area (Å²) in [6.07, 6.45) is 2.09. The fraction of sp³-hybridized carbons (Fsp3) is 0.333. The van der Waals surface area contributed by atoms with Gasteiger partial charge in [-0.1, -0.05) is 0 Å². The minimum Gasteiger partial charge on any atom is -0.300 e. The number of carbonyl (C=O) groups excluding carboxylic acids is 1. The van der Waals surface area contributed by atoms with Gasteiger partial charge in [0.25, 0.3) is 0 Å². The van der Waals surface area contributed by atoms with E-state index in [1.165, 1.54) is 0 Å². The molecule has 0 saturated heterocycles. The first-order chi connectivity index (χ1) is 4.70. The second-order valence-electron chi connectivity index (χ2n) is 2.09. The molecule has 54 valence electrons. The van der Waals surface area contributed by atoms with Crippen LogP contribution in [0.2, 0.25) is 0 Å². The Balaban J connectivity index is 2.74. The van der Waals surface area contributed by atoms with Crippen molar-refractivity contribution in [2.75, 3.05) is 0 Å². The normalized spacial score (nSPS) is 9.80. The molecule has 0 spiro atoms. The van der Waals surface area contributed by atoms with Crippen molar-refractivity contribution in [3.8, 4) is 0 Å². The summed E-state index contributed by atoms with van der Waals surface area (Å²) in [5.41, 5.74) is 0.910. The number of aromatic nitrogens is 2. The molecule has 1 N–H and O–H groups in total. The van der Waals surface area contributed by atoms with Crippen LogP contribution in [0, 0.1) is 0 Å². The molecule has 0 atom stereocenters. The van der Waals surface area contributed by atoms with Gasteiger partial charge in [-0.3, -0.25) is 9.89 Å². The number of nitrogens with one attached hydrogen (secondary N) is 1. The average molecular weight is 203 g/mol. The second-order valence-corrected chi connectivity index (χ2v) is 2.88. The number of Topliss-reactive ketones (excluding diaryl/α,β-unsaturated/α-hetero) is 1. The van der Waals surface area contributed by atoms with Crippen molar-refractivity contribution in [1.82, 2.24) is 10.2 Å². The van der Waals surface area contributed by atoms with Crippen LogP contribution in [0.15, 0.2) is 10.8 Å². The van der Waals surface area contributed by atoms with E-state index in [4.69, 9.17) is 0 Å². The largest absolute Gasteiger partial charge is 0.300 e. The van der Waals surface area contributed by atoms with Crippen LogP contribution >= 0.6 is 15.9 Å². The standard InChI is InChI=1S/C6H7BrN2O/c1-4(10)2-5-3-8-9-6(5)7/h3H,2H2,1H3,(H,8,9). The van der Waals surface area contributed by atoms with E-state index in [1.54, 1.807) is 13.1 Å². The molecule has 1 aromatic rings. The monoisotopic (exact) mass is 202 g/mol. The molecular weight excluding hydrogens is 196 g/mol. The third-order valence-electron chi connectivity index (χ3n) is 1.10. The Morgan fingerprint density at radius 2 is 2.60 bits per heavy atom. The van der Waals surface area contributed by atoms with Crippen LogP contribution < -0.4 is 0 Å². The molecule has 0 fully saturated rings.